The Balaban J connectivity index is 2.47. The van der Waals surface area contributed by atoms with Gasteiger partial charge >= 0.3 is 0 Å². The number of benzene rings is 1. The lowest BCUT2D eigenvalue weighted by Crippen LogP contribution is -2.36. The Bertz CT molecular complexity index is 604. The van der Waals surface area contributed by atoms with Crippen molar-refractivity contribution in [3.8, 4) is 5.75 Å². The van der Waals surface area contributed by atoms with Crippen LogP contribution in [0.4, 0.5) is 11.5 Å². The van der Waals surface area contributed by atoms with Gasteiger partial charge in [-0.2, -0.15) is 0 Å². The van der Waals surface area contributed by atoms with Gasteiger partial charge in [-0.3, -0.25) is 14.7 Å². The SMILES string of the molecule is COc1ccc(N(C(=O)C(C)(C)C)c2cnccn2)cc1. The first-order valence-electron chi connectivity index (χ1n) is 6.68. The van der Waals surface area contributed by atoms with E-state index in [4.69, 9.17) is 4.74 Å². The summed E-state index contributed by atoms with van der Waals surface area (Å²) >= 11 is 0. The molecule has 0 atom stereocenters. The summed E-state index contributed by atoms with van der Waals surface area (Å²) < 4.78 is 5.15. The molecule has 1 heterocycles. The van der Waals surface area contributed by atoms with E-state index in [1.807, 2.05) is 45.0 Å². The van der Waals surface area contributed by atoms with E-state index in [-0.39, 0.29) is 5.91 Å². The van der Waals surface area contributed by atoms with E-state index in [0.717, 1.165) is 11.4 Å². The summed E-state index contributed by atoms with van der Waals surface area (Å²) in [7, 11) is 1.61. The molecule has 1 aromatic carbocycles. The number of methoxy groups -OCH3 is 1. The van der Waals surface area contributed by atoms with Gasteiger partial charge in [0.1, 0.15) is 5.75 Å². The summed E-state index contributed by atoms with van der Waals surface area (Å²) in [5.74, 6) is 1.19. The number of hydrogen-bond donors (Lipinski definition) is 0. The number of carbonyl (C=O) groups excluding carboxylic acids is 1. The summed E-state index contributed by atoms with van der Waals surface area (Å²) in [4.78, 5) is 22.6. The molecule has 21 heavy (non-hydrogen) atoms. The van der Waals surface area contributed by atoms with Gasteiger partial charge in [-0.05, 0) is 24.3 Å². The van der Waals surface area contributed by atoms with Crippen LogP contribution in [0.25, 0.3) is 0 Å². The molecule has 0 aliphatic heterocycles. The minimum absolute atomic E-state index is 0.0480. The Morgan fingerprint density at radius 2 is 1.81 bits per heavy atom. The van der Waals surface area contributed by atoms with Crippen molar-refractivity contribution < 1.29 is 9.53 Å². The molecule has 0 bridgehead atoms. The maximum atomic E-state index is 12.7. The number of carbonyl (C=O) groups is 1. The fraction of sp³-hybridized carbons (Fsp3) is 0.312. The van der Waals surface area contributed by atoms with Crippen molar-refractivity contribution in [2.75, 3.05) is 12.0 Å². The molecule has 0 saturated heterocycles. The van der Waals surface area contributed by atoms with Gasteiger partial charge in [0.2, 0.25) is 5.91 Å². The van der Waals surface area contributed by atoms with Crippen molar-refractivity contribution in [1.82, 2.24) is 9.97 Å². The van der Waals surface area contributed by atoms with Gasteiger partial charge in [-0.25, -0.2) is 4.98 Å². The second-order valence-corrected chi connectivity index (χ2v) is 5.65. The lowest BCUT2D eigenvalue weighted by molar-refractivity contribution is -0.125. The van der Waals surface area contributed by atoms with Gasteiger partial charge in [-0.1, -0.05) is 20.8 Å². The van der Waals surface area contributed by atoms with Crippen LogP contribution in [0.3, 0.4) is 0 Å². The number of amides is 1. The van der Waals surface area contributed by atoms with Crippen molar-refractivity contribution in [2.24, 2.45) is 5.41 Å². The highest BCUT2D eigenvalue weighted by atomic mass is 16.5. The number of ether oxygens (including phenoxy) is 1. The minimum atomic E-state index is -0.530. The second kappa shape index (κ2) is 5.91. The van der Waals surface area contributed by atoms with E-state index in [9.17, 15) is 4.79 Å². The first-order valence-corrected chi connectivity index (χ1v) is 6.68. The van der Waals surface area contributed by atoms with Crippen LogP contribution in [-0.2, 0) is 4.79 Å². The monoisotopic (exact) mass is 285 g/mol. The van der Waals surface area contributed by atoms with Crippen molar-refractivity contribution in [3.63, 3.8) is 0 Å². The van der Waals surface area contributed by atoms with Gasteiger partial charge in [0.25, 0.3) is 0 Å². The summed E-state index contributed by atoms with van der Waals surface area (Å²) in [5, 5.41) is 0. The van der Waals surface area contributed by atoms with Gasteiger partial charge < -0.3 is 4.74 Å². The molecule has 0 saturated carbocycles. The lowest BCUT2D eigenvalue weighted by atomic mass is 9.94. The standard InChI is InChI=1S/C16H19N3O2/c1-16(2,3)15(20)19(14-11-17-9-10-18-14)12-5-7-13(21-4)8-6-12/h5-11H,1-4H3. The molecule has 110 valence electrons. The van der Waals surface area contributed by atoms with Crippen LogP contribution >= 0.6 is 0 Å². The maximum Gasteiger partial charge on any atom is 0.238 e. The predicted octanol–water partition coefficient (Wildman–Crippen LogP) is 3.20. The summed E-state index contributed by atoms with van der Waals surface area (Å²) in [6.07, 6.45) is 4.73. The van der Waals surface area contributed by atoms with E-state index in [0.29, 0.717) is 5.82 Å². The van der Waals surface area contributed by atoms with Gasteiger partial charge in [0, 0.05) is 17.8 Å². The first-order chi connectivity index (χ1) is 9.93. The third-order valence-corrected chi connectivity index (χ3v) is 2.95. The summed E-state index contributed by atoms with van der Waals surface area (Å²) in [6, 6.07) is 7.29. The lowest BCUT2D eigenvalue weighted by Gasteiger charge is -2.28. The van der Waals surface area contributed by atoms with Crippen LogP contribution < -0.4 is 9.64 Å². The summed E-state index contributed by atoms with van der Waals surface area (Å²) in [5.41, 5.74) is 0.202. The third kappa shape index (κ3) is 3.37. The Labute approximate surface area is 124 Å². The number of anilines is 2. The molecule has 0 fully saturated rings. The molecule has 0 aliphatic rings. The van der Waals surface area contributed by atoms with Crippen LogP contribution in [0, 0.1) is 5.41 Å². The van der Waals surface area contributed by atoms with Crippen molar-refractivity contribution in [2.45, 2.75) is 20.8 Å². The molecule has 5 heteroatoms. The predicted molar refractivity (Wildman–Crippen MR) is 81.6 cm³/mol. The van der Waals surface area contributed by atoms with Crippen LogP contribution in [0.5, 0.6) is 5.75 Å². The minimum Gasteiger partial charge on any atom is -0.497 e. The zero-order valence-corrected chi connectivity index (χ0v) is 12.7. The highest BCUT2D eigenvalue weighted by Gasteiger charge is 2.30. The van der Waals surface area contributed by atoms with Crippen LogP contribution in [-0.4, -0.2) is 23.0 Å². The average Bonchev–Trinajstić information content (AvgIpc) is 2.48. The number of rotatable bonds is 3. The largest absolute Gasteiger partial charge is 0.497 e. The number of nitrogens with zero attached hydrogens (tertiary/aromatic N) is 3. The third-order valence-electron chi connectivity index (χ3n) is 2.95. The van der Waals surface area contributed by atoms with Crippen molar-refractivity contribution in [1.29, 1.82) is 0 Å². The van der Waals surface area contributed by atoms with Gasteiger partial charge in [0.05, 0.1) is 19.0 Å². The normalized spacial score (nSPS) is 11.0. The molecule has 0 unspecified atom stereocenters. The molecule has 0 N–H and O–H groups in total. The maximum absolute atomic E-state index is 12.7. The highest BCUT2D eigenvalue weighted by molar-refractivity contribution is 6.02. The topological polar surface area (TPSA) is 55.3 Å². The van der Waals surface area contributed by atoms with E-state index >= 15 is 0 Å². The fourth-order valence-corrected chi connectivity index (χ4v) is 1.83. The van der Waals surface area contributed by atoms with E-state index in [2.05, 4.69) is 9.97 Å². The first kappa shape index (κ1) is 15.0. The molecule has 0 spiro atoms. The molecule has 5 nitrogen and oxygen atoms in total. The molecular weight excluding hydrogens is 266 g/mol. The number of aromatic nitrogens is 2. The molecular formula is C16H19N3O2. The van der Waals surface area contributed by atoms with Gasteiger partial charge in [0.15, 0.2) is 5.82 Å². The van der Waals surface area contributed by atoms with E-state index in [1.165, 1.54) is 0 Å². The summed E-state index contributed by atoms with van der Waals surface area (Å²) in [6.45, 7) is 5.63. The van der Waals surface area contributed by atoms with E-state index < -0.39 is 5.41 Å². The molecule has 2 aromatic rings. The molecule has 0 radical (unpaired) electrons. The fourth-order valence-electron chi connectivity index (χ4n) is 1.83. The van der Waals surface area contributed by atoms with Gasteiger partial charge in [-0.15, -0.1) is 0 Å². The average molecular weight is 285 g/mol. The Hall–Kier alpha value is -2.43. The zero-order valence-electron chi connectivity index (χ0n) is 12.7. The smallest absolute Gasteiger partial charge is 0.238 e. The van der Waals surface area contributed by atoms with Crippen LogP contribution in [0.1, 0.15) is 20.8 Å². The Kier molecular flexibility index (Phi) is 4.21. The second-order valence-electron chi connectivity index (χ2n) is 5.65. The Morgan fingerprint density at radius 3 is 2.29 bits per heavy atom. The zero-order chi connectivity index (χ0) is 15.5. The number of hydrogen-bond acceptors (Lipinski definition) is 4. The van der Waals surface area contributed by atoms with Crippen molar-refractivity contribution in [3.05, 3.63) is 42.9 Å². The highest BCUT2D eigenvalue weighted by Crippen LogP contribution is 2.30. The molecule has 2 rings (SSSR count). The quantitative estimate of drug-likeness (QED) is 0.869. The Morgan fingerprint density at radius 1 is 1.14 bits per heavy atom. The van der Waals surface area contributed by atoms with E-state index in [1.54, 1.807) is 30.6 Å². The van der Waals surface area contributed by atoms with Crippen LogP contribution in [0.2, 0.25) is 0 Å². The molecule has 1 aromatic heterocycles. The van der Waals surface area contributed by atoms with Crippen molar-refractivity contribution >= 4 is 17.4 Å². The molecule has 0 aliphatic carbocycles. The molecule has 1 amide bonds. The van der Waals surface area contributed by atoms with Crippen LogP contribution in [0.15, 0.2) is 42.9 Å².